The summed E-state index contributed by atoms with van der Waals surface area (Å²) in [6.45, 7) is 5.99. The van der Waals surface area contributed by atoms with Gasteiger partial charge in [0.05, 0.1) is 25.4 Å². The van der Waals surface area contributed by atoms with Gasteiger partial charge in [-0.3, -0.25) is 14.4 Å². The molecule has 2 aromatic rings. The number of carbonyl (C=O) groups is 4. The van der Waals surface area contributed by atoms with E-state index in [4.69, 9.17) is 9.47 Å². The Bertz CT molecular complexity index is 1120. The number of amides is 4. The van der Waals surface area contributed by atoms with Crippen molar-refractivity contribution in [3.05, 3.63) is 59.7 Å². The highest BCUT2D eigenvalue weighted by atomic mass is 28.1. The van der Waals surface area contributed by atoms with E-state index >= 15 is 0 Å². The number of rotatable bonds is 14. The molecule has 0 radical (unpaired) electrons. The summed E-state index contributed by atoms with van der Waals surface area (Å²) >= 11 is 0. The Labute approximate surface area is 233 Å². The van der Waals surface area contributed by atoms with Gasteiger partial charge in [-0.2, -0.15) is 0 Å². The van der Waals surface area contributed by atoms with Gasteiger partial charge in [0.15, 0.2) is 0 Å². The molecule has 2 rings (SSSR count). The maximum atomic E-state index is 13.4. The summed E-state index contributed by atoms with van der Waals surface area (Å²) in [5.41, 5.74) is 1.61. The SMILES string of the molecule is CCC(NC(=O)[C@@]([SiH3])(CC(C)C)NC(=O)NCc1ccccc1)C(=O)C(=O)NCc1cc(OC)cc(OC)c1. The zero-order valence-electron chi connectivity index (χ0n) is 23.6. The number of hydrogen-bond acceptors (Lipinski definition) is 6. The molecule has 2 aromatic carbocycles. The Morgan fingerprint density at radius 2 is 1.49 bits per heavy atom. The molecule has 0 bridgehead atoms. The molecule has 10 nitrogen and oxygen atoms in total. The highest BCUT2D eigenvalue weighted by molar-refractivity contribution is 6.39. The molecule has 11 heteroatoms. The van der Waals surface area contributed by atoms with Crippen LogP contribution in [0.25, 0.3) is 0 Å². The molecular weight excluding hydrogens is 516 g/mol. The average Bonchev–Trinajstić information content (AvgIpc) is 2.92. The lowest BCUT2D eigenvalue weighted by molar-refractivity contribution is -0.140. The van der Waals surface area contributed by atoms with Gasteiger partial charge in [0, 0.05) is 29.4 Å². The van der Waals surface area contributed by atoms with Gasteiger partial charge < -0.3 is 30.7 Å². The maximum Gasteiger partial charge on any atom is 0.315 e. The summed E-state index contributed by atoms with van der Waals surface area (Å²) in [5.74, 6) is -0.858. The molecule has 0 saturated carbocycles. The summed E-state index contributed by atoms with van der Waals surface area (Å²) in [4.78, 5) is 51.7. The quantitative estimate of drug-likeness (QED) is 0.205. The van der Waals surface area contributed by atoms with Crippen molar-refractivity contribution in [3.63, 3.8) is 0 Å². The summed E-state index contributed by atoms with van der Waals surface area (Å²) in [6.07, 6.45) is 0.600. The lowest BCUT2D eigenvalue weighted by Gasteiger charge is -2.33. The molecule has 39 heavy (non-hydrogen) atoms. The molecule has 212 valence electrons. The van der Waals surface area contributed by atoms with Gasteiger partial charge in [-0.15, -0.1) is 0 Å². The molecule has 0 spiro atoms. The minimum atomic E-state index is -1.17. The fraction of sp³-hybridized carbons (Fsp3) is 0.429. The zero-order chi connectivity index (χ0) is 29.0. The van der Waals surface area contributed by atoms with Crippen LogP contribution in [0.4, 0.5) is 4.79 Å². The number of Topliss-reactive ketones (excluding diaryl/α,β-unsaturated/α-hetero) is 1. The van der Waals surface area contributed by atoms with Gasteiger partial charge in [-0.1, -0.05) is 51.1 Å². The van der Waals surface area contributed by atoms with E-state index in [0.29, 0.717) is 30.0 Å². The summed E-state index contributed by atoms with van der Waals surface area (Å²) in [7, 11) is 3.33. The predicted octanol–water partition coefficient (Wildman–Crippen LogP) is 1.39. The van der Waals surface area contributed by atoms with Crippen LogP contribution in [0.1, 0.15) is 44.7 Å². The van der Waals surface area contributed by atoms with Crippen LogP contribution in [0.2, 0.25) is 0 Å². The number of hydrogen-bond donors (Lipinski definition) is 4. The second-order valence-electron chi connectivity index (χ2n) is 9.93. The topological polar surface area (TPSA) is 135 Å². The minimum Gasteiger partial charge on any atom is -0.497 e. The highest BCUT2D eigenvalue weighted by Gasteiger charge is 2.38. The third-order valence-electron chi connectivity index (χ3n) is 6.12. The van der Waals surface area contributed by atoms with E-state index in [1.165, 1.54) is 14.2 Å². The summed E-state index contributed by atoms with van der Waals surface area (Å²) < 4.78 is 10.5. The molecule has 0 saturated heterocycles. The average molecular weight is 557 g/mol. The van der Waals surface area contributed by atoms with Crippen molar-refractivity contribution >= 4 is 33.9 Å². The number of nitrogens with one attached hydrogen (secondary N) is 4. The molecule has 0 aliphatic rings. The van der Waals surface area contributed by atoms with Crippen LogP contribution in [-0.4, -0.2) is 59.3 Å². The standard InChI is InChI=1S/C28H40N4O6Si/c1-6-23(24(33)25(34)29-17-20-12-21(37-4)14-22(13-20)38-5)31-26(35)28(39,15-18(2)3)32-27(36)30-16-19-10-8-7-9-11-19/h7-14,18,23H,6,15-17H2,1-5,39H3,(H,29,34)(H,31,35)(H2,30,32,36)/t23?,28-/m0/s1. The van der Waals surface area contributed by atoms with Crippen LogP contribution in [0, 0.1) is 5.92 Å². The number of ether oxygens (including phenoxy) is 2. The van der Waals surface area contributed by atoms with Crippen LogP contribution in [0.5, 0.6) is 11.5 Å². The molecular formula is C28H40N4O6Si. The second-order valence-corrected chi connectivity index (χ2v) is 11.6. The first-order valence-corrected chi connectivity index (χ1v) is 14.0. The van der Waals surface area contributed by atoms with E-state index in [0.717, 1.165) is 5.56 Å². The molecule has 2 atom stereocenters. The maximum absolute atomic E-state index is 13.4. The first-order chi connectivity index (χ1) is 18.5. The smallest absolute Gasteiger partial charge is 0.315 e. The normalized spacial score (nSPS) is 13.1. The number of methoxy groups -OCH3 is 2. The molecule has 0 aliphatic carbocycles. The van der Waals surface area contributed by atoms with Crippen LogP contribution >= 0.6 is 0 Å². The molecule has 0 aromatic heterocycles. The molecule has 0 aliphatic heterocycles. The van der Waals surface area contributed by atoms with Crippen molar-refractivity contribution in [1.82, 2.24) is 21.3 Å². The first kappa shape index (κ1) is 31.4. The van der Waals surface area contributed by atoms with Gasteiger partial charge in [0.1, 0.15) is 11.5 Å². The van der Waals surface area contributed by atoms with E-state index in [2.05, 4.69) is 21.3 Å². The number of urea groups is 1. The van der Waals surface area contributed by atoms with Crippen LogP contribution in [0.3, 0.4) is 0 Å². The largest absolute Gasteiger partial charge is 0.497 e. The molecule has 4 N–H and O–H groups in total. The summed E-state index contributed by atoms with van der Waals surface area (Å²) in [5, 5.41) is 9.75. The van der Waals surface area contributed by atoms with E-state index in [1.54, 1.807) is 25.1 Å². The predicted molar refractivity (Wildman–Crippen MR) is 153 cm³/mol. The monoisotopic (exact) mass is 556 g/mol. The van der Waals surface area contributed by atoms with Crippen molar-refractivity contribution in [2.75, 3.05) is 14.2 Å². The van der Waals surface area contributed by atoms with Crippen molar-refractivity contribution in [2.45, 2.75) is 57.9 Å². The molecule has 0 fully saturated rings. The van der Waals surface area contributed by atoms with Crippen molar-refractivity contribution in [2.24, 2.45) is 5.92 Å². The Kier molecular flexibility index (Phi) is 12.0. The van der Waals surface area contributed by atoms with E-state index < -0.39 is 34.8 Å². The van der Waals surface area contributed by atoms with Crippen molar-refractivity contribution < 1.29 is 28.7 Å². The first-order valence-electron chi connectivity index (χ1n) is 13.0. The lowest BCUT2D eigenvalue weighted by Crippen LogP contribution is -2.64. The number of ketones is 1. The van der Waals surface area contributed by atoms with Gasteiger partial charge in [-0.05, 0) is 42.0 Å². The Hall–Kier alpha value is -3.86. The molecule has 0 heterocycles. The van der Waals surface area contributed by atoms with Gasteiger partial charge in [0.2, 0.25) is 11.7 Å². The highest BCUT2D eigenvalue weighted by Crippen LogP contribution is 2.22. The third-order valence-corrected chi connectivity index (χ3v) is 7.23. The van der Waals surface area contributed by atoms with E-state index in [-0.39, 0.29) is 29.1 Å². The molecule has 1 unspecified atom stereocenters. The Morgan fingerprint density at radius 3 is 2.03 bits per heavy atom. The Morgan fingerprint density at radius 1 is 0.897 bits per heavy atom. The van der Waals surface area contributed by atoms with Gasteiger partial charge >= 0.3 is 6.03 Å². The third kappa shape index (κ3) is 9.75. The van der Waals surface area contributed by atoms with E-state index in [9.17, 15) is 19.2 Å². The van der Waals surface area contributed by atoms with E-state index in [1.807, 2.05) is 44.2 Å². The van der Waals surface area contributed by atoms with Crippen LogP contribution in [-0.2, 0) is 27.5 Å². The second kappa shape index (κ2) is 14.9. The molecule has 4 amide bonds. The number of benzene rings is 2. The van der Waals surface area contributed by atoms with Gasteiger partial charge in [0.25, 0.3) is 5.91 Å². The van der Waals surface area contributed by atoms with Gasteiger partial charge in [-0.25, -0.2) is 4.79 Å². The van der Waals surface area contributed by atoms with Crippen molar-refractivity contribution in [1.29, 1.82) is 0 Å². The lowest BCUT2D eigenvalue weighted by atomic mass is 10.0. The fourth-order valence-corrected chi connectivity index (χ4v) is 5.34. The Balaban J connectivity index is 2.04. The summed E-state index contributed by atoms with van der Waals surface area (Å²) in [6, 6.07) is 13.1. The zero-order valence-corrected chi connectivity index (χ0v) is 25.6. The fourth-order valence-electron chi connectivity index (χ4n) is 4.16. The van der Waals surface area contributed by atoms with Crippen LogP contribution < -0.4 is 30.7 Å². The van der Waals surface area contributed by atoms with Crippen LogP contribution in [0.15, 0.2) is 48.5 Å². The number of carbonyl (C=O) groups excluding carboxylic acids is 4. The minimum absolute atomic E-state index is 0.0730. The van der Waals surface area contributed by atoms with Crippen molar-refractivity contribution in [3.8, 4) is 11.5 Å².